The van der Waals surface area contributed by atoms with Gasteiger partial charge in [-0.25, -0.2) is 0 Å². The standard InChI is InChI=1S/C25H30N2O3S/c1-5-14-27-17(3)22(24(28)18-10-8-7-9-11-18)23(26-25(27)31)19-12-13-20(30-15-6-2)21(16-19)29-4/h7-13,16,23H,5-6,14-15H2,1-4H3,(H,26,31). The third-order valence-electron chi connectivity index (χ3n) is 5.31. The molecule has 0 spiro atoms. The molecule has 31 heavy (non-hydrogen) atoms. The predicted molar refractivity (Wildman–Crippen MR) is 128 cm³/mol. The minimum absolute atomic E-state index is 0.00974. The number of carbonyl (C=O) groups is 1. The van der Waals surface area contributed by atoms with Crippen molar-refractivity contribution in [1.29, 1.82) is 0 Å². The number of allylic oxidation sites excluding steroid dienone is 1. The van der Waals surface area contributed by atoms with Gasteiger partial charge in [0.05, 0.1) is 19.8 Å². The molecule has 1 atom stereocenters. The van der Waals surface area contributed by atoms with Crippen molar-refractivity contribution in [2.24, 2.45) is 0 Å². The van der Waals surface area contributed by atoms with Gasteiger partial charge < -0.3 is 19.7 Å². The van der Waals surface area contributed by atoms with Crippen molar-refractivity contribution in [3.05, 3.63) is 70.9 Å². The number of Topliss-reactive ketones (excluding diaryl/α,β-unsaturated/α-hetero) is 1. The number of rotatable bonds is 9. The fourth-order valence-electron chi connectivity index (χ4n) is 3.76. The zero-order chi connectivity index (χ0) is 22.4. The van der Waals surface area contributed by atoms with Crippen LogP contribution in [0.4, 0.5) is 0 Å². The van der Waals surface area contributed by atoms with E-state index < -0.39 is 0 Å². The van der Waals surface area contributed by atoms with Crippen LogP contribution in [-0.2, 0) is 0 Å². The first-order valence-electron chi connectivity index (χ1n) is 10.7. The third-order valence-corrected chi connectivity index (χ3v) is 5.65. The molecule has 0 fully saturated rings. The maximum atomic E-state index is 13.6. The van der Waals surface area contributed by atoms with Gasteiger partial charge in [0.2, 0.25) is 0 Å². The van der Waals surface area contributed by atoms with E-state index in [1.807, 2.05) is 60.4 Å². The lowest BCUT2D eigenvalue weighted by molar-refractivity contribution is 0.102. The highest BCUT2D eigenvalue weighted by Gasteiger charge is 2.34. The first-order valence-corrected chi connectivity index (χ1v) is 11.1. The van der Waals surface area contributed by atoms with Crippen LogP contribution in [0, 0.1) is 0 Å². The number of thiocarbonyl (C=S) groups is 1. The topological polar surface area (TPSA) is 50.8 Å². The zero-order valence-corrected chi connectivity index (χ0v) is 19.4. The SMILES string of the molecule is CCCOc1ccc(C2NC(=S)N(CCC)C(C)=C2C(=O)c2ccccc2)cc1OC. The summed E-state index contributed by atoms with van der Waals surface area (Å²) in [4.78, 5) is 15.6. The molecule has 6 heteroatoms. The van der Waals surface area contributed by atoms with Gasteiger partial charge in [-0.05, 0) is 49.7 Å². The Labute approximate surface area is 190 Å². The number of methoxy groups -OCH3 is 1. The van der Waals surface area contributed by atoms with Crippen molar-refractivity contribution in [2.45, 2.75) is 39.7 Å². The molecule has 5 nitrogen and oxygen atoms in total. The molecule has 0 aliphatic carbocycles. The van der Waals surface area contributed by atoms with Gasteiger partial charge >= 0.3 is 0 Å². The van der Waals surface area contributed by atoms with Gasteiger partial charge in [-0.3, -0.25) is 4.79 Å². The van der Waals surface area contributed by atoms with Crippen LogP contribution in [0.2, 0.25) is 0 Å². The summed E-state index contributed by atoms with van der Waals surface area (Å²) in [7, 11) is 1.62. The van der Waals surface area contributed by atoms with Crippen LogP contribution in [-0.4, -0.2) is 36.1 Å². The molecule has 1 heterocycles. The maximum Gasteiger partial charge on any atom is 0.193 e. The first-order chi connectivity index (χ1) is 15.0. The molecule has 1 unspecified atom stereocenters. The summed E-state index contributed by atoms with van der Waals surface area (Å²) in [5.74, 6) is 1.32. The van der Waals surface area contributed by atoms with E-state index in [9.17, 15) is 4.79 Å². The quantitative estimate of drug-likeness (QED) is 0.425. The van der Waals surface area contributed by atoms with Crippen LogP contribution < -0.4 is 14.8 Å². The Morgan fingerprint density at radius 3 is 2.48 bits per heavy atom. The number of nitrogens with one attached hydrogen (secondary N) is 1. The van der Waals surface area contributed by atoms with Crippen molar-refractivity contribution in [1.82, 2.24) is 10.2 Å². The van der Waals surface area contributed by atoms with E-state index in [-0.39, 0.29) is 11.8 Å². The van der Waals surface area contributed by atoms with Crippen molar-refractivity contribution in [3.8, 4) is 11.5 Å². The summed E-state index contributed by atoms with van der Waals surface area (Å²) in [6, 6.07) is 14.8. The highest BCUT2D eigenvalue weighted by atomic mass is 32.1. The number of ketones is 1. The monoisotopic (exact) mass is 438 g/mol. The summed E-state index contributed by atoms with van der Waals surface area (Å²) >= 11 is 5.66. The summed E-state index contributed by atoms with van der Waals surface area (Å²) in [6.07, 6.45) is 1.84. The lowest BCUT2D eigenvalue weighted by Gasteiger charge is -2.38. The normalized spacial score (nSPS) is 16.2. The van der Waals surface area contributed by atoms with Gasteiger partial charge in [-0.1, -0.05) is 50.2 Å². The van der Waals surface area contributed by atoms with Gasteiger partial charge in [-0.2, -0.15) is 0 Å². The molecule has 0 bridgehead atoms. The van der Waals surface area contributed by atoms with Crippen molar-refractivity contribution in [2.75, 3.05) is 20.3 Å². The Kier molecular flexibility index (Phi) is 7.69. The summed E-state index contributed by atoms with van der Waals surface area (Å²) in [6.45, 7) is 7.50. The second-order valence-corrected chi connectivity index (χ2v) is 7.87. The molecule has 164 valence electrons. The second-order valence-electron chi connectivity index (χ2n) is 7.49. The van der Waals surface area contributed by atoms with Crippen molar-refractivity contribution in [3.63, 3.8) is 0 Å². The number of carbonyl (C=O) groups excluding carboxylic acids is 1. The van der Waals surface area contributed by atoms with Crippen LogP contribution in [0.5, 0.6) is 11.5 Å². The van der Waals surface area contributed by atoms with Crippen LogP contribution in [0.15, 0.2) is 59.8 Å². The Morgan fingerprint density at radius 1 is 1.10 bits per heavy atom. The van der Waals surface area contributed by atoms with E-state index in [0.717, 1.165) is 30.6 Å². The lowest BCUT2D eigenvalue weighted by atomic mass is 9.89. The second kappa shape index (κ2) is 10.4. The van der Waals surface area contributed by atoms with Crippen LogP contribution >= 0.6 is 12.2 Å². The highest BCUT2D eigenvalue weighted by Crippen LogP contribution is 2.37. The Bertz CT molecular complexity index is 972. The van der Waals surface area contributed by atoms with Crippen LogP contribution in [0.3, 0.4) is 0 Å². The molecule has 2 aromatic carbocycles. The Morgan fingerprint density at radius 2 is 1.84 bits per heavy atom. The molecular formula is C25H30N2O3S. The van der Waals surface area contributed by atoms with E-state index >= 15 is 0 Å². The average molecular weight is 439 g/mol. The van der Waals surface area contributed by atoms with Gasteiger partial charge in [0.1, 0.15) is 0 Å². The first kappa shape index (κ1) is 22.8. The van der Waals surface area contributed by atoms with Crippen LogP contribution in [0.1, 0.15) is 55.6 Å². The minimum atomic E-state index is -0.373. The van der Waals surface area contributed by atoms with Gasteiger partial charge in [0, 0.05) is 23.4 Å². The molecule has 0 radical (unpaired) electrons. The highest BCUT2D eigenvalue weighted by molar-refractivity contribution is 7.80. The summed E-state index contributed by atoms with van der Waals surface area (Å²) in [5.41, 5.74) is 3.13. The van der Waals surface area contributed by atoms with E-state index in [1.165, 1.54) is 0 Å². The molecule has 3 rings (SSSR count). The molecule has 1 N–H and O–H groups in total. The van der Waals surface area contributed by atoms with Crippen molar-refractivity contribution >= 4 is 23.1 Å². The molecule has 1 aliphatic heterocycles. The summed E-state index contributed by atoms with van der Waals surface area (Å²) in [5, 5.41) is 4.02. The predicted octanol–water partition coefficient (Wildman–Crippen LogP) is 5.28. The Balaban J connectivity index is 2.08. The van der Waals surface area contributed by atoms with Crippen LogP contribution in [0.25, 0.3) is 0 Å². The molecular weight excluding hydrogens is 408 g/mol. The molecule has 0 aromatic heterocycles. The molecule has 2 aromatic rings. The van der Waals surface area contributed by atoms with Gasteiger partial charge in [0.25, 0.3) is 0 Å². The minimum Gasteiger partial charge on any atom is -0.493 e. The van der Waals surface area contributed by atoms with E-state index in [4.69, 9.17) is 21.7 Å². The van der Waals surface area contributed by atoms with E-state index in [1.54, 1.807) is 7.11 Å². The lowest BCUT2D eigenvalue weighted by Crippen LogP contribution is -2.47. The molecule has 1 aliphatic rings. The number of nitrogens with zero attached hydrogens (tertiary/aromatic N) is 1. The zero-order valence-electron chi connectivity index (χ0n) is 18.6. The fourth-order valence-corrected chi connectivity index (χ4v) is 4.10. The number of ether oxygens (including phenoxy) is 2. The molecule has 0 saturated carbocycles. The third kappa shape index (κ3) is 4.90. The average Bonchev–Trinajstić information content (AvgIpc) is 2.80. The van der Waals surface area contributed by atoms with E-state index in [0.29, 0.717) is 34.4 Å². The van der Waals surface area contributed by atoms with Crippen molar-refractivity contribution < 1.29 is 14.3 Å². The Hall–Kier alpha value is -2.86. The van der Waals surface area contributed by atoms with E-state index in [2.05, 4.69) is 19.2 Å². The number of hydrogen-bond acceptors (Lipinski definition) is 4. The molecule has 0 amide bonds. The number of hydrogen-bond donors (Lipinski definition) is 1. The van der Waals surface area contributed by atoms with Gasteiger partial charge in [0.15, 0.2) is 22.4 Å². The maximum absolute atomic E-state index is 13.6. The molecule has 0 saturated heterocycles. The largest absolute Gasteiger partial charge is 0.493 e. The summed E-state index contributed by atoms with van der Waals surface area (Å²) < 4.78 is 11.4. The smallest absolute Gasteiger partial charge is 0.193 e. The van der Waals surface area contributed by atoms with Gasteiger partial charge in [-0.15, -0.1) is 0 Å². The fraction of sp³-hybridized carbons (Fsp3) is 0.360. The number of benzene rings is 2.